The van der Waals surface area contributed by atoms with Crippen molar-refractivity contribution in [3.63, 3.8) is 0 Å². The molecule has 0 aliphatic heterocycles. The van der Waals surface area contributed by atoms with Crippen LogP contribution in [0, 0.1) is 6.92 Å². The Balaban J connectivity index is 2.82. The second kappa shape index (κ2) is 6.91. The van der Waals surface area contributed by atoms with Crippen LogP contribution in [0.25, 0.3) is 0 Å². The molecule has 0 aliphatic carbocycles. The van der Waals surface area contributed by atoms with Gasteiger partial charge in [-0.3, -0.25) is 14.9 Å². The number of carbonyl (C=O) groups is 1. The van der Waals surface area contributed by atoms with Gasteiger partial charge < -0.3 is 5.73 Å². The summed E-state index contributed by atoms with van der Waals surface area (Å²) in [7, 11) is 0. The number of nitrogens with zero attached hydrogens (tertiary/aromatic N) is 2. The van der Waals surface area contributed by atoms with Crippen LogP contribution in [0.15, 0.2) is 33.9 Å². The lowest BCUT2D eigenvalue weighted by Gasteiger charge is -2.05. The quantitative estimate of drug-likeness (QED) is 0.330. The number of amides is 1. The maximum atomic E-state index is 11.7. The SMILES string of the molecule is C/C(N)=C(/SN)C(=O)N/N=C(\C)c1cccc(C)n1. The maximum absolute atomic E-state index is 11.7. The third-order valence-electron chi connectivity index (χ3n) is 2.27. The molecule has 1 aromatic heterocycles. The fourth-order valence-corrected chi connectivity index (χ4v) is 1.65. The van der Waals surface area contributed by atoms with E-state index in [0.717, 1.165) is 17.6 Å². The Kier molecular flexibility index (Phi) is 5.53. The molecule has 0 aromatic carbocycles. The molecule has 1 heterocycles. The van der Waals surface area contributed by atoms with E-state index in [0.29, 0.717) is 17.1 Å². The first-order valence-corrected chi connectivity index (χ1v) is 6.45. The van der Waals surface area contributed by atoms with Crippen molar-refractivity contribution in [2.75, 3.05) is 0 Å². The van der Waals surface area contributed by atoms with E-state index in [1.165, 1.54) is 0 Å². The lowest BCUT2D eigenvalue weighted by Crippen LogP contribution is -2.23. The Hall–Kier alpha value is -1.86. The second-order valence-corrected chi connectivity index (χ2v) is 4.58. The van der Waals surface area contributed by atoms with E-state index in [9.17, 15) is 4.79 Å². The van der Waals surface area contributed by atoms with Crippen LogP contribution in [0.3, 0.4) is 0 Å². The van der Waals surface area contributed by atoms with E-state index in [-0.39, 0.29) is 4.91 Å². The minimum Gasteiger partial charge on any atom is -0.401 e. The van der Waals surface area contributed by atoms with Crippen molar-refractivity contribution < 1.29 is 4.79 Å². The van der Waals surface area contributed by atoms with Gasteiger partial charge in [-0.25, -0.2) is 5.43 Å². The number of aromatic nitrogens is 1. The summed E-state index contributed by atoms with van der Waals surface area (Å²) in [6, 6.07) is 5.59. The van der Waals surface area contributed by atoms with Crippen LogP contribution in [-0.2, 0) is 4.79 Å². The van der Waals surface area contributed by atoms with E-state index >= 15 is 0 Å². The smallest absolute Gasteiger partial charge is 0.280 e. The molecule has 0 fully saturated rings. The predicted molar refractivity (Wildman–Crippen MR) is 78.0 cm³/mol. The number of carbonyl (C=O) groups excluding carboxylic acids is 1. The molecule has 6 nitrogen and oxygen atoms in total. The van der Waals surface area contributed by atoms with Crippen LogP contribution in [0.1, 0.15) is 25.2 Å². The fourth-order valence-electron chi connectivity index (χ4n) is 1.31. The predicted octanol–water partition coefficient (Wildman–Crippen LogP) is 1.03. The van der Waals surface area contributed by atoms with Gasteiger partial charge in [0.2, 0.25) is 0 Å². The van der Waals surface area contributed by atoms with E-state index in [4.69, 9.17) is 10.9 Å². The fraction of sp³-hybridized carbons (Fsp3) is 0.250. The highest BCUT2D eigenvalue weighted by molar-refractivity contribution is 8.01. The van der Waals surface area contributed by atoms with Gasteiger partial charge in [0.15, 0.2) is 0 Å². The first-order chi connectivity index (χ1) is 8.95. The highest BCUT2D eigenvalue weighted by Gasteiger charge is 2.10. The standard InChI is InChI=1S/C12H17N5OS/c1-7-5-4-6-10(15-7)9(3)16-17-12(18)11(19-14)8(2)13/h4-6H,13-14H2,1-3H3,(H,17,18)/b11-8-,16-9+. The maximum Gasteiger partial charge on any atom is 0.280 e. The van der Waals surface area contributed by atoms with Crippen LogP contribution < -0.4 is 16.3 Å². The third-order valence-corrected chi connectivity index (χ3v) is 3.01. The monoisotopic (exact) mass is 279 g/mol. The van der Waals surface area contributed by atoms with Crippen molar-refractivity contribution in [3.8, 4) is 0 Å². The van der Waals surface area contributed by atoms with Crippen LogP contribution in [0.2, 0.25) is 0 Å². The van der Waals surface area contributed by atoms with Gasteiger partial charge in [0.25, 0.3) is 5.91 Å². The summed E-state index contributed by atoms with van der Waals surface area (Å²) < 4.78 is 0. The minimum absolute atomic E-state index is 0.244. The van der Waals surface area contributed by atoms with Crippen LogP contribution >= 0.6 is 11.9 Å². The third kappa shape index (κ3) is 4.38. The van der Waals surface area contributed by atoms with Gasteiger partial charge in [-0.15, -0.1) is 0 Å². The molecule has 0 spiro atoms. The number of hydrogen-bond donors (Lipinski definition) is 3. The Morgan fingerprint density at radius 2 is 2.11 bits per heavy atom. The largest absolute Gasteiger partial charge is 0.401 e. The van der Waals surface area contributed by atoms with Gasteiger partial charge in [0.1, 0.15) is 4.91 Å². The zero-order chi connectivity index (χ0) is 14.4. The highest BCUT2D eigenvalue weighted by atomic mass is 32.2. The molecular weight excluding hydrogens is 262 g/mol. The normalized spacial score (nSPS) is 12.9. The van der Waals surface area contributed by atoms with Gasteiger partial charge in [0.05, 0.1) is 11.4 Å². The molecule has 19 heavy (non-hydrogen) atoms. The van der Waals surface area contributed by atoms with E-state index in [1.54, 1.807) is 13.8 Å². The van der Waals surface area contributed by atoms with Crippen LogP contribution in [-0.4, -0.2) is 16.6 Å². The molecule has 1 amide bonds. The molecule has 1 aromatic rings. The molecule has 102 valence electrons. The van der Waals surface area contributed by atoms with Crippen molar-refractivity contribution >= 4 is 23.6 Å². The summed E-state index contributed by atoms with van der Waals surface area (Å²) in [5.41, 5.74) is 10.5. The molecular formula is C12H17N5OS. The summed E-state index contributed by atoms with van der Waals surface area (Å²) in [5.74, 6) is -0.431. The summed E-state index contributed by atoms with van der Waals surface area (Å²) in [6.45, 7) is 5.25. The highest BCUT2D eigenvalue weighted by Crippen LogP contribution is 2.10. The average Bonchev–Trinajstić information content (AvgIpc) is 2.36. The minimum atomic E-state index is -0.431. The molecule has 0 aliphatic rings. The van der Waals surface area contributed by atoms with E-state index < -0.39 is 5.91 Å². The molecule has 0 bridgehead atoms. The number of nitrogens with one attached hydrogen (secondary N) is 1. The van der Waals surface area contributed by atoms with Crippen molar-refractivity contribution in [2.45, 2.75) is 20.8 Å². The zero-order valence-electron chi connectivity index (χ0n) is 11.1. The molecule has 0 saturated heterocycles. The van der Waals surface area contributed by atoms with Gasteiger partial charge in [0, 0.05) is 11.4 Å². The molecule has 0 atom stereocenters. The molecule has 0 radical (unpaired) electrons. The summed E-state index contributed by atoms with van der Waals surface area (Å²) >= 11 is 0.794. The molecule has 0 unspecified atom stereocenters. The number of hydrazone groups is 1. The topological polar surface area (TPSA) is 106 Å². The Morgan fingerprint density at radius 3 is 2.63 bits per heavy atom. The van der Waals surface area contributed by atoms with Crippen LogP contribution in [0.4, 0.5) is 0 Å². The molecule has 5 N–H and O–H groups in total. The first kappa shape index (κ1) is 15.2. The van der Waals surface area contributed by atoms with Gasteiger partial charge in [-0.2, -0.15) is 5.10 Å². The number of pyridine rings is 1. The number of aryl methyl sites for hydroxylation is 1. The first-order valence-electron chi connectivity index (χ1n) is 5.57. The Bertz CT molecular complexity index is 535. The molecule has 0 saturated carbocycles. The number of nitrogens with two attached hydrogens (primary N) is 2. The number of rotatable bonds is 4. The van der Waals surface area contributed by atoms with E-state index in [1.807, 2.05) is 25.1 Å². The number of allylic oxidation sites excluding steroid dienone is 1. The van der Waals surface area contributed by atoms with Crippen molar-refractivity contribution in [3.05, 3.63) is 40.2 Å². The van der Waals surface area contributed by atoms with E-state index in [2.05, 4.69) is 15.5 Å². The van der Waals surface area contributed by atoms with Gasteiger partial charge in [-0.05, 0) is 44.9 Å². The van der Waals surface area contributed by atoms with Crippen molar-refractivity contribution in [2.24, 2.45) is 16.0 Å². The Labute approximate surface area is 116 Å². The van der Waals surface area contributed by atoms with Crippen molar-refractivity contribution in [1.82, 2.24) is 10.4 Å². The van der Waals surface area contributed by atoms with Crippen LogP contribution in [0.5, 0.6) is 0 Å². The van der Waals surface area contributed by atoms with Crippen molar-refractivity contribution in [1.29, 1.82) is 0 Å². The zero-order valence-corrected chi connectivity index (χ0v) is 11.9. The lowest BCUT2D eigenvalue weighted by atomic mass is 10.2. The van der Waals surface area contributed by atoms with Gasteiger partial charge in [-0.1, -0.05) is 6.07 Å². The summed E-state index contributed by atoms with van der Waals surface area (Å²) in [6.07, 6.45) is 0. The summed E-state index contributed by atoms with van der Waals surface area (Å²) in [4.78, 5) is 16.3. The molecule has 7 heteroatoms. The molecule has 1 rings (SSSR count). The Morgan fingerprint density at radius 1 is 1.42 bits per heavy atom. The number of hydrogen-bond acceptors (Lipinski definition) is 6. The second-order valence-electron chi connectivity index (χ2n) is 3.93. The lowest BCUT2D eigenvalue weighted by molar-refractivity contribution is -0.116. The van der Waals surface area contributed by atoms with Gasteiger partial charge >= 0.3 is 0 Å². The average molecular weight is 279 g/mol. The summed E-state index contributed by atoms with van der Waals surface area (Å²) in [5, 5.41) is 9.35.